The molecule has 1 aromatic rings. The van der Waals surface area contributed by atoms with Gasteiger partial charge < -0.3 is 5.11 Å². The molecule has 0 amide bonds. The van der Waals surface area contributed by atoms with E-state index in [4.69, 9.17) is 0 Å². The van der Waals surface area contributed by atoms with Gasteiger partial charge in [0.15, 0.2) is 0 Å². The van der Waals surface area contributed by atoms with Crippen LogP contribution in [0.5, 0.6) is 0 Å². The fraction of sp³-hybridized carbons (Fsp3) is 0.700. The van der Waals surface area contributed by atoms with Crippen LogP contribution < -0.4 is 0 Å². The summed E-state index contributed by atoms with van der Waals surface area (Å²) in [7, 11) is 0. The molecule has 72 valence electrons. The summed E-state index contributed by atoms with van der Waals surface area (Å²) in [5, 5.41) is 9.90. The van der Waals surface area contributed by atoms with Crippen LogP contribution in [-0.2, 0) is 0 Å². The number of nitrogens with zero attached hydrogens (tertiary/aromatic N) is 1. The zero-order valence-corrected chi connectivity index (χ0v) is 8.46. The van der Waals surface area contributed by atoms with E-state index in [9.17, 15) is 5.11 Å². The molecule has 0 aromatic carbocycles. The molecule has 0 bridgehead atoms. The summed E-state index contributed by atoms with van der Waals surface area (Å²) in [6.07, 6.45) is 7.56. The Morgan fingerprint density at radius 2 is 2.15 bits per heavy atom. The molecule has 2 atom stereocenters. The van der Waals surface area contributed by atoms with Gasteiger partial charge in [-0.2, -0.15) is 0 Å². The molecular weight excluding hydrogens is 182 g/mol. The summed E-state index contributed by atoms with van der Waals surface area (Å²) in [6.45, 7) is 0. The van der Waals surface area contributed by atoms with Gasteiger partial charge in [-0.05, 0) is 12.8 Å². The fourth-order valence-corrected chi connectivity index (χ4v) is 2.84. The van der Waals surface area contributed by atoms with Crippen molar-refractivity contribution in [2.45, 2.75) is 44.1 Å². The average molecular weight is 197 g/mol. The first-order valence-corrected chi connectivity index (χ1v) is 5.82. The van der Waals surface area contributed by atoms with Crippen LogP contribution in [0.3, 0.4) is 0 Å². The Kier molecular flexibility index (Phi) is 2.96. The van der Waals surface area contributed by atoms with E-state index in [1.165, 1.54) is 24.1 Å². The van der Waals surface area contributed by atoms with Crippen LogP contribution in [-0.4, -0.2) is 16.2 Å². The highest BCUT2D eigenvalue weighted by atomic mass is 32.1. The zero-order valence-electron chi connectivity index (χ0n) is 7.65. The van der Waals surface area contributed by atoms with Crippen LogP contribution >= 0.6 is 11.3 Å². The van der Waals surface area contributed by atoms with Crippen LogP contribution in [0, 0.1) is 0 Å². The van der Waals surface area contributed by atoms with Crippen molar-refractivity contribution in [2.75, 3.05) is 0 Å². The number of aliphatic hydroxyl groups is 1. The average Bonchev–Trinajstić information content (AvgIpc) is 2.56. The van der Waals surface area contributed by atoms with E-state index >= 15 is 0 Å². The van der Waals surface area contributed by atoms with Gasteiger partial charge in [0.25, 0.3) is 0 Å². The molecule has 1 saturated carbocycles. The van der Waals surface area contributed by atoms with Gasteiger partial charge in [0.2, 0.25) is 0 Å². The highest BCUT2D eigenvalue weighted by molar-refractivity contribution is 7.09. The summed E-state index contributed by atoms with van der Waals surface area (Å²) < 4.78 is 0. The van der Waals surface area contributed by atoms with E-state index < -0.39 is 0 Å². The van der Waals surface area contributed by atoms with Gasteiger partial charge in [-0.3, -0.25) is 4.98 Å². The number of thiazole rings is 1. The maximum atomic E-state index is 9.90. The quantitative estimate of drug-likeness (QED) is 0.702. The predicted molar refractivity (Wildman–Crippen MR) is 53.9 cm³/mol. The lowest BCUT2D eigenvalue weighted by Gasteiger charge is -2.17. The Balaban J connectivity index is 2.11. The minimum Gasteiger partial charge on any atom is -0.392 e. The third-order valence-corrected chi connectivity index (χ3v) is 3.70. The largest absolute Gasteiger partial charge is 0.392 e. The van der Waals surface area contributed by atoms with Crippen LogP contribution in [0.2, 0.25) is 0 Å². The third-order valence-electron chi connectivity index (χ3n) is 2.80. The van der Waals surface area contributed by atoms with Crippen molar-refractivity contribution in [3.63, 3.8) is 0 Å². The summed E-state index contributed by atoms with van der Waals surface area (Å²) in [4.78, 5) is 5.33. The maximum absolute atomic E-state index is 9.90. The lowest BCUT2D eigenvalue weighted by Crippen LogP contribution is -2.15. The minimum atomic E-state index is -0.136. The second-order valence-corrected chi connectivity index (χ2v) is 4.63. The fourth-order valence-electron chi connectivity index (χ4n) is 2.03. The molecule has 1 fully saturated rings. The SMILES string of the molecule is OC1CCCCCC1c1cncs1. The van der Waals surface area contributed by atoms with Gasteiger partial charge in [0.1, 0.15) is 0 Å². The summed E-state index contributed by atoms with van der Waals surface area (Å²) >= 11 is 1.67. The van der Waals surface area contributed by atoms with Crippen molar-refractivity contribution in [3.05, 3.63) is 16.6 Å². The topological polar surface area (TPSA) is 33.1 Å². The van der Waals surface area contributed by atoms with E-state index in [-0.39, 0.29) is 6.10 Å². The predicted octanol–water partition coefficient (Wildman–Crippen LogP) is 2.55. The standard InChI is InChI=1S/C10H15NOS/c12-9-5-3-1-2-4-8(9)10-6-11-7-13-10/h6-9,12H,1-5H2. The lowest BCUT2D eigenvalue weighted by atomic mass is 9.96. The van der Waals surface area contributed by atoms with Crippen molar-refractivity contribution in [1.29, 1.82) is 0 Å². The van der Waals surface area contributed by atoms with Crippen LogP contribution in [0.15, 0.2) is 11.7 Å². The number of aromatic nitrogens is 1. The van der Waals surface area contributed by atoms with Gasteiger partial charge in [-0.25, -0.2) is 0 Å². The molecule has 1 aromatic heterocycles. The Morgan fingerprint density at radius 3 is 2.92 bits per heavy atom. The van der Waals surface area contributed by atoms with Gasteiger partial charge in [0, 0.05) is 17.0 Å². The van der Waals surface area contributed by atoms with E-state index in [2.05, 4.69) is 4.98 Å². The van der Waals surface area contributed by atoms with Crippen molar-refractivity contribution in [1.82, 2.24) is 4.98 Å². The first-order valence-electron chi connectivity index (χ1n) is 4.94. The molecule has 0 radical (unpaired) electrons. The molecule has 1 aliphatic carbocycles. The zero-order chi connectivity index (χ0) is 9.10. The monoisotopic (exact) mass is 197 g/mol. The number of hydrogen-bond acceptors (Lipinski definition) is 3. The first kappa shape index (κ1) is 9.16. The minimum absolute atomic E-state index is 0.136. The molecule has 0 aliphatic heterocycles. The molecule has 2 unspecified atom stereocenters. The smallest absolute Gasteiger partial charge is 0.0794 e. The molecule has 1 heterocycles. The molecule has 1 N–H and O–H groups in total. The molecule has 13 heavy (non-hydrogen) atoms. The Bertz CT molecular complexity index is 247. The molecule has 0 spiro atoms. The molecule has 3 heteroatoms. The van der Waals surface area contributed by atoms with Gasteiger partial charge in [0.05, 0.1) is 11.6 Å². The molecule has 2 nitrogen and oxygen atoms in total. The Hall–Kier alpha value is -0.410. The molecule has 2 rings (SSSR count). The number of aliphatic hydroxyl groups excluding tert-OH is 1. The second-order valence-electron chi connectivity index (χ2n) is 3.72. The first-order chi connectivity index (χ1) is 6.38. The molecule has 0 saturated heterocycles. The van der Waals surface area contributed by atoms with Crippen LogP contribution in [0.25, 0.3) is 0 Å². The molecule has 1 aliphatic rings. The highest BCUT2D eigenvalue weighted by Gasteiger charge is 2.23. The van der Waals surface area contributed by atoms with Crippen LogP contribution in [0.1, 0.15) is 42.9 Å². The van der Waals surface area contributed by atoms with E-state index in [1.54, 1.807) is 11.3 Å². The maximum Gasteiger partial charge on any atom is 0.0794 e. The van der Waals surface area contributed by atoms with Crippen molar-refractivity contribution >= 4 is 11.3 Å². The van der Waals surface area contributed by atoms with Gasteiger partial charge >= 0.3 is 0 Å². The third kappa shape index (κ3) is 2.09. The van der Waals surface area contributed by atoms with Crippen molar-refractivity contribution < 1.29 is 5.11 Å². The van der Waals surface area contributed by atoms with Crippen molar-refractivity contribution in [2.24, 2.45) is 0 Å². The summed E-state index contributed by atoms with van der Waals surface area (Å²) in [6, 6.07) is 0. The van der Waals surface area contributed by atoms with Gasteiger partial charge in [-0.1, -0.05) is 19.3 Å². The molecular formula is C10H15NOS. The number of rotatable bonds is 1. The van der Waals surface area contributed by atoms with E-state index in [0.717, 1.165) is 12.8 Å². The normalized spacial score (nSPS) is 29.9. The Labute approximate surface area is 82.6 Å². The number of hydrogen-bond donors (Lipinski definition) is 1. The van der Waals surface area contributed by atoms with Crippen molar-refractivity contribution in [3.8, 4) is 0 Å². The van der Waals surface area contributed by atoms with E-state index in [1.807, 2.05) is 11.7 Å². The summed E-state index contributed by atoms with van der Waals surface area (Å²) in [5.74, 6) is 0.356. The Morgan fingerprint density at radius 1 is 1.31 bits per heavy atom. The summed E-state index contributed by atoms with van der Waals surface area (Å²) in [5.41, 5.74) is 1.85. The van der Waals surface area contributed by atoms with Gasteiger partial charge in [-0.15, -0.1) is 11.3 Å². The lowest BCUT2D eigenvalue weighted by molar-refractivity contribution is 0.136. The van der Waals surface area contributed by atoms with E-state index in [0.29, 0.717) is 5.92 Å². The highest BCUT2D eigenvalue weighted by Crippen LogP contribution is 2.33. The second kappa shape index (κ2) is 4.20. The van der Waals surface area contributed by atoms with Crippen LogP contribution in [0.4, 0.5) is 0 Å².